The zero-order chi connectivity index (χ0) is 20.2. The molecule has 27 heavy (non-hydrogen) atoms. The van der Waals surface area contributed by atoms with Crippen molar-refractivity contribution in [1.82, 2.24) is 9.80 Å². The SMILES string of the molecule is CC(C)(C)OC(=O)N1CCN(C(=O)c2ccc(C[C@H](N)C(=O)O)cc2)CC1. The summed E-state index contributed by atoms with van der Waals surface area (Å²) in [7, 11) is 0. The first-order valence-corrected chi connectivity index (χ1v) is 8.91. The van der Waals surface area contributed by atoms with E-state index >= 15 is 0 Å². The molecule has 0 aliphatic carbocycles. The largest absolute Gasteiger partial charge is 0.480 e. The maximum absolute atomic E-state index is 12.6. The number of piperazine rings is 1. The summed E-state index contributed by atoms with van der Waals surface area (Å²) in [4.78, 5) is 38.8. The zero-order valence-corrected chi connectivity index (χ0v) is 16.0. The van der Waals surface area contributed by atoms with Crippen molar-refractivity contribution in [2.75, 3.05) is 26.2 Å². The summed E-state index contributed by atoms with van der Waals surface area (Å²) in [5.41, 5.74) is 6.26. The number of aliphatic carboxylic acids is 1. The molecule has 3 N–H and O–H groups in total. The molecule has 8 nitrogen and oxygen atoms in total. The van der Waals surface area contributed by atoms with E-state index in [1.54, 1.807) is 34.1 Å². The van der Waals surface area contributed by atoms with Gasteiger partial charge in [-0.2, -0.15) is 0 Å². The van der Waals surface area contributed by atoms with Crippen LogP contribution in [0.2, 0.25) is 0 Å². The number of hydrogen-bond acceptors (Lipinski definition) is 5. The molecule has 0 saturated carbocycles. The third-order valence-corrected chi connectivity index (χ3v) is 4.19. The number of carboxylic acids is 1. The Morgan fingerprint density at radius 2 is 1.59 bits per heavy atom. The van der Waals surface area contributed by atoms with E-state index < -0.39 is 17.6 Å². The van der Waals surface area contributed by atoms with Gasteiger partial charge in [0.05, 0.1) is 0 Å². The number of nitrogens with zero attached hydrogens (tertiary/aromatic N) is 2. The first-order valence-electron chi connectivity index (χ1n) is 8.91. The topological polar surface area (TPSA) is 113 Å². The van der Waals surface area contributed by atoms with E-state index in [4.69, 9.17) is 15.6 Å². The van der Waals surface area contributed by atoms with Gasteiger partial charge in [-0.3, -0.25) is 9.59 Å². The summed E-state index contributed by atoms with van der Waals surface area (Å²) in [6.07, 6.45) is -0.160. The maximum atomic E-state index is 12.6. The zero-order valence-electron chi connectivity index (χ0n) is 16.0. The lowest BCUT2D eigenvalue weighted by atomic mass is 10.0. The Labute approximate surface area is 158 Å². The molecular formula is C19H27N3O5. The van der Waals surface area contributed by atoms with Crippen LogP contribution in [0.4, 0.5) is 4.79 Å². The lowest BCUT2D eigenvalue weighted by molar-refractivity contribution is -0.138. The van der Waals surface area contributed by atoms with E-state index in [1.807, 2.05) is 20.8 Å². The van der Waals surface area contributed by atoms with Gasteiger partial charge in [-0.15, -0.1) is 0 Å². The molecule has 0 spiro atoms. The van der Waals surface area contributed by atoms with Crippen LogP contribution in [0.25, 0.3) is 0 Å². The van der Waals surface area contributed by atoms with Gasteiger partial charge in [-0.1, -0.05) is 12.1 Å². The van der Waals surface area contributed by atoms with Crippen molar-refractivity contribution < 1.29 is 24.2 Å². The summed E-state index contributed by atoms with van der Waals surface area (Å²) in [5.74, 6) is -1.18. The molecule has 1 aliphatic rings. The Morgan fingerprint density at radius 3 is 2.07 bits per heavy atom. The van der Waals surface area contributed by atoms with Gasteiger partial charge in [0, 0.05) is 31.7 Å². The van der Waals surface area contributed by atoms with Crippen molar-refractivity contribution >= 4 is 18.0 Å². The van der Waals surface area contributed by atoms with E-state index in [1.165, 1.54) is 0 Å². The van der Waals surface area contributed by atoms with Crippen LogP contribution >= 0.6 is 0 Å². The third kappa shape index (κ3) is 5.96. The predicted octanol–water partition coefficient (Wildman–Crippen LogP) is 1.33. The van der Waals surface area contributed by atoms with Gasteiger partial charge in [0.2, 0.25) is 0 Å². The minimum Gasteiger partial charge on any atom is -0.480 e. The maximum Gasteiger partial charge on any atom is 0.410 e. The van der Waals surface area contributed by atoms with Gasteiger partial charge in [-0.25, -0.2) is 4.79 Å². The molecule has 0 aromatic heterocycles. The highest BCUT2D eigenvalue weighted by molar-refractivity contribution is 5.94. The molecule has 0 bridgehead atoms. The van der Waals surface area contributed by atoms with Crippen LogP contribution in [0.5, 0.6) is 0 Å². The highest BCUT2D eigenvalue weighted by atomic mass is 16.6. The Balaban J connectivity index is 1.90. The average molecular weight is 377 g/mol. The summed E-state index contributed by atoms with van der Waals surface area (Å²) < 4.78 is 5.35. The second-order valence-electron chi connectivity index (χ2n) is 7.61. The van der Waals surface area contributed by atoms with Gasteiger partial charge in [-0.05, 0) is 44.9 Å². The van der Waals surface area contributed by atoms with Crippen LogP contribution < -0.4 is 5.73 Å². The lowest BCUT2D eigenvalue weighted by Gasteiger charge is -2.35. The lowest BCUT2D eigenvalue weighted by Crippen LogP contribution is -2.51. The van der Waals surface area contributed by atoms with Crippen molar-refractivity contribution in [2.45, 2.75) is 38.8 Å². The quantitative estimate of drug-likeness (QED) is 0.818. The van der Waals surface area contributed by atoms with Crippen molar-refractivity contribution in [3.05, 3.63) is 35.4 Å². The molecule has 1 aromatic carbocycles. The number of nitrogens with two attached hydrogens (primary N) is 1. The molecule has 1 atom stereocenters. The minimum absolute atomic E-state index is 0.118. The molecule has 2 amide bonds. The fourth-order valence-electron chi connectivity index (χ4n) is 2.73. The molecule has 1 fully saturated rings. The summed E-state index contributed by atoms with van der Waals surface area (Å²) >= 11 is 0. The van der Waals surface area contributed by atoms with Crippen LogP contribution in [0.15, 0.2) is 24.3 Å². The molecule has 1 aromatic rings. The third-order valence-electron chi connectivity index (χ3n) is 4.19. The molecular weight excluding hydrogens is 350 g/mol. The van der Waals surface area contributed by atoms with Crippen LogP contribution in [0.3, 0.4) is 0 Å². The van der Waals surface area contributed by atoms with Crippen molar-refractivity contribution in [3.8, 4) is 0 Å². The normalized spacial score (nSPS) is 16.0. The number of carboxylic acid groups (broad SMARTS) is 1. The number of benzene rings is 1. The number of carbonyl (C=O) groups is 3. The van der Waals surface area contributed by atoms with Crippen LogP contribution in [0.1, 0.15) is 36.7 Å². The summed E-state index contributed by atoms with van der Waals surface area (Å²) in [6.45, 7) is 7.17. The number of ether oxygens (including phenoxy) is 1. The number of carbonyl (C=O) groups excluding carboxylic acids is 2. The molecule has 8 heteroatoms. The van der Waals surface area contributed by atoms with Crippen LogP contribution in [-0.4, -0.2) is 70.7 Å². The molecule has 1 saturated heterocycles. The Hall–Kier alpha value is -2.61. The molecule has 148 valence electrons. The Bertz CT molecular complexity index is 688. The van der Waals surface area contributed by atoms with E-state index in [0.717, 1.165) is 5.56 Å². The summed E-state index contributed by atoms with van der Waals surface area (Å²) in [5, 5.41) is 8.86. The fraction of sp³-hybridized carbons (Fsp3) is 0.526. The molecule has 1 aliphatic heterocycles. The molecule has 1 heterocycles. The Kier molecular flexibility index (Phi) is 6.43. The minimum atomic E-state index is -1.06. The smallest absolute Gasteiger partial charge is 0.410 e. The average Bonchev–Trinajstić information content (AvgIpc) is 2.60. The number of hydrogen-bond donors (Lipinski definition) is 2. The monoisotopic (exact) mass is 377 g/mol. The van der Waals surface area contributed by atoms with E-state index in [-0.39, 0.29) is 18.4 Å². The second-order valence-corrected chi connectivity index (χ2v) is 7.61. The van der Waals surface area contributed by atoms with Crippen molar-refractivity contribution in [3.63, 3.8) is 0 Å². The molecule has 0 unspecified atom stereocenters. The van der Waals surface area contributed by atoms with Gasteiger partial charge in [0.25, 0.3) is 5.91 Å². The molecule has 2 rings (SSSR count). The summed E-state index contributed by atoms with van der Waals surface area (Å²) in [6, 6.07) is 5.81. The predicted molar refractivity (Wildman–Crippen MR) is 99.5 cm³/mol. The van der Waals surface area contributed by atoms with Crippen molar-refractivity contribution in [1.29, 1.82) is 0 Å². The highest BCUT2D eigenvalue weighted by Crippen LogP contribution is 2.14. The van der Waals surface area contributed by atoms with Crippen molar-refractivity contribution in [2.24, 2.45) is 5.73 Å². The number of amides is 2. The fourth-order valence-corrected chi connectivity index (χ4v) is 2.73. The van der Waals surface area contributed by atoms with Gasteiger partial charge in [0.1, 0.15) is 11.6 Å². The van der Waals surface area contributed by atoms with Gasteiger partial charge in [0.15, 0.2) is 0 Å². The van der Waals surface area contributed by atoms with Crippen LogP contribution in [-0.2, 0) is 16.0 Å². The standard InChI is InChI=1S/C19H27N3O5/c1-19(2,3)27-18(26)22-10-8-21(9-11-22)16(23)14-6-4-13(5-7-14)12-15(20)17(24)25/h4-7,15H,8-12,20H2,1-3H3,(H,24,25)/t15-/m0/s1. The highest BCUT2D eigenvalue weighted by Gasteiger charge is 2.28. The van der Waals surface area contributed by atoms with E-state index in [0.29, 0.717) is 31.7 Å². The van der Waals surface area contributed by atoms with E-state index in [9.17, 15) is 14.4 Å². The second kappa shape index (κ2) is 8.39. The van der Waals surface area contributed by atoms with E-state index in [2.05, 4.69) is 0 Å². The first-order chi connectivity index (χ1) is 12.6. The molecule has 0 radical (unpaired) electrons. The van der Waals surface area contributed by atoms with Crippen LogP contribution in [0, 0.1) is 0 Å². The first kappa shape index (κ1) is 20.7. The van der Waals surface area contributed by atoms with Gasteiger partial charge >= 0.3 is 12.1 Å². The van der Waals surface area contributed by atoms with Gasteiger partial charge < -0.3 is 25.4 Å². The number of rotatable bonds is 4. The Morgan fingerprint density at radius 1 is 1.07 bits per heavy atom.